The molecule has 1 nitrogen and oxygen atoms in total. The van der Waals surface area contributed by atoms with E-state index in [4.69, 9.17) is 4.42 Å². The number of hydrogen-bond donors (Lipinski definition) is 0. The van der Waals surface area contributed by atoms with Gasteiger partial charge in [-0.2, -0.15) is 0 Å². The van der Waals surface area contributed by atoms with Crippen molar-refractivity contribution in [1.82, 2.24) is 0 Å². The molecule has 9 aromatic rings. The summed E-state index contributed by atoms with van der Waals surface area (Å²) >= 11 is 0. The topological polar surface area (TPSA) is 13.1 Å². The summed E-state index contributed by atoms with van der Waals surface area (Å²) in [5.74, 6) is 0. The summed E-state index contributed by atoms with van der Waals surface area (Å²) in [6.45, 7) is 4.78. The average molecular weight is 639 g/mol. The summed E-state index contributed by atoms with van der Waals surface area (Å²) in [5.41, 5.74) is 11.8. The van der Waals surface area contributed by atoms with E-state index >= 15 is 0 Å². The van der Waals surface area contributed by atoms with Gasteiger partial charge in [-0.15, -0.1) is 0 Å². The average Bonchev–Trinajstić information content (AvgIpc) is 3.65. The lowest BCUT2D eigenvalue weighted by atomic mass is 9.79. The molecule has 236 valence electrons. The molecule has 0 atom stereocenters. The number of hydrogen-bond acceptors (Lipinski definition) is 1. The summed E-state index contributed by atoms with van der Waals surface area (Å²) in [7, 11) is 0. The highest BCUT2D eigenvalue weighted by atomic mass is 16.3. The van der Waals surface area contributed by atoms with Crippen LogP contribution in [-0.4, -0.2) is 0 Å². The molecule has 0 N–H and O–H groups in total. The highest BCUT2D eigenvalue weighted by Crippen LogP contribution is 2.56. The van der Waals surface area contributed by atoms with Gasteiger partial charge in [-0.05, 0) is 89.6 Å². The van der Waals surface area contributed by atoms with Gasteiger partial charge >= 0.3 is 0 Å². The quantitative estimate of drug-likeness (QED) is 0.184. The fraction of sp³-hybridized carbons (Fsp3) is 0.0612. The first-order valence-corrected chi connectivity index (χ1v) is 17.4. The molecule has 0 fully saturated rings. The van der Waals surface area contributed by atoms with Gasteiger partial charge < -0.3 is 4.42 Å². The lowest BCUT2D eigenvalue weighted by molar-refractivity contribution is 0.664. The molecule has 1 heterocycles. The second-order valence-electron chi connectivity index (χ2n) is 14.0. The zero-order chi connectivity index (χ0) is 33.4. The van der Waals surface area contributed by atoms with Crippen LogP contribution in [0.5, 0.6) is 0 Å². The Kier molecular flexibility index (Phi) is 6.29. The molecule has 1 aliphatic rings. The van der Waals surface area contributed by atoms with Gasteiger partial charge in [0.2, 0.25) is 0 Å². The van der Waals surface area contributed by atoms with Gasteiger partial charge in [-0.1, -0.05) is 166 Å². The summed E-state index contributed by atoms with van der Waals surface area (Å²) in [4.78, 5) is 0. The van der Waals surface area contributed by atoms with Crippen LogP contribution in [0.25, 0.3) is 87.6 Å². The summed E-state index contributed by atoms with van der Waals surface area (Å²) < 4.78 is 6.62. The zero-order valence-electron chi connectivity index (χ0n) is 28.1. The van der Waals surface area contributed by atoms with Crippen LogP contribution in [0.4, 0.5) is 0 Å². The lowest BCUT2D eigenvalue weighted by Crippen LogP contribution is -2.15. The van der Waals surface area contributed by atoms with E-state index in [9.17, 15) is 0 Å². The van der Waals surface area contributed by atoms with Crippen LogP contribution in [0.2, 0.25) is 0 Å². The molecule has 0 unspecified atom stereocenters. The Morgan fingerprint density at radius 3 is 1.72 bits per heavy atom. The molecular formula is C49H34O. The molecule has 0 radical (unpaired) electrons. The van der Waals surface area contributed by atoms with Crippen LogP contribution in [0.1, 0.15) is 25.0 Å². The van der Waals surface area contributed by atoms with Crippen LogP contribution < -0.4 is 0 Å². The van der Waals surface area contributed by atoms with Crippen LogP contribution in [0, 0.1) is 0 Å². The maximum Gasteiger partial charge on any atom is 0.143 e. The van der Waals surface area contributed by atoms with Crippen molar-refractivity contribution in [3.8, 4) is 33.4 Å². The van der Waals surface area contributed by atoms with E-state index in [1.165, 1.54) is 87.6 Å². The van der Waals surface area contributed by atoms with Gasteiger partial charge in [0.05, 0.1) is 0 Å². The fourth-order valence-electron chi connectivity index (χ4n) is 8.57. The summed E-state index contributed by atoms with van der Waals surface area (Å²) in [5, 5.41) is 9.76. The minimum absolute atomic E-state index is 0.225. The third-order valence-corrected chi connectivity index (χ3v) is 10.9. The van der Waals surface area contributed by atoms with Crippen molar-refractivity contribution in [3.05, 3.63) is 181 Å². The predicted molar refractivity (Wildman–Crippen MR) is 212 cm³/mol. The molecule has 50 heavy (non-hydrogen) atoms. The SMILES string of the molecule is CC1(C)c2cc(-c3ccccccc(-c4ccc5ccccc5c4)c4ccccc34)ccc2-c2c1c1ccccc1c1oc3ccccc3c21. The first-order valence-electron chi connectivity index (χ1n) is 17.4. The van der Waals surface area contributed by atoms with E-state index in [-0.39, 0.29) is 5.41 Å². The van der Waals surface area contributed by atoms with E-state index in [0.29, 0.717) is 0 Å². The fourth-order valence-corrected chi connectivity index (χ4v) is 8.57. The van der Waals surface area contributed by atoms with E-state index in [2.05, 4.69) is 184 Å². The van der Waals surface area contributed by atoms with Gasteiger partial charge in [0.25, 0.3) is 0 Å². The van der Waals surface area contributed by atoms with Crippen LogP contribution in [0.15, 0.2) is 174 Å². The lowest BCUT2D eigenvalue weighted by Gasteiger charge is -2.24. The Hall–Kier alpha value is -6.18. The van der Waals surface area contributed by atoms with Crippen LogP contribution in [-0.2, 0) is 5.41 Å². The van der Waals surface area contributed by atoms with Crippen molar-refractivity contribution < 1.29 is 4.42 Å². The second kappa shape index (κ2) is 10.9. The molecule has 0 bridgehead atoms. The first-order chi connectivity index (χ1) is 24.6. The van der Waals surface area contributed by atoms with Crippen LogP contribution in [0.3, 0.4) is 0 Å². The van der Waals surface area contributed by atoms with Crippen molar-refractivity contribution in [2.45, 2.75) is 19.3 Å². The van der Waals surface area contributed by atoms with Crippen molar-refractivity contribution in [2.24, 2.45) is 0 Å². The predicted octanol–water partition coefficient (Wildman–Crippen LogP) is 13.8. The molecule has 1 aromatic heterocycles. The Balaban J connectivity index is 1.25. The first kappa shape index (κ1) is 28.8. The second-order valence-corrected chi connectivity index (χ2v) is 14.0. The molecule has 0 aliphatic heterocycles. The van der Waals surface area contributed by atoms with Crippen molar-refractivity contribution in [3.63, 3.8) is 0 Å². The van der Waals surface area contributed by atoms with E-state index in [1.54, 1.807) is 0 Å². The van der Waals surface area contributed by atoms with Gasteiger partial charge in [0, 0.05) is 21.6 Å². The van der Waals surface area contributed by atoms with Crippen LogP contribution >= 0.6 is 0 Å². The molecule has 0 amide bonds. The maximum absolute atomic E-state index is 6.62. The number of para-hydroxylation sites is 1. The number of fused-ring (bicyclic) bond motifs is 12. The molecule has 1 aliphatic carbocycles. The van der Waals surface area contributed by atoms with E-state index in [1.807, 2.05) is 0 Å². The van der Waals surface area contributed by atoms with Gasteiger partial charge in [0.15, 0.2) is 0 Å². The van der Waals surface area contributed by atoms with E-state index < -0.39 is 0 Å². The van der Waals surface area contributed by atoms with Crippen molar-refractivity contribution in [1.29, 1.82) is 0 Å². The summed E-state index contributed by atoms with van der Waals surface area (Å²) in [6.07, 6.45) is 0. The molecule has 1 heteroatoms. The van der Waals surface area contributed by atoms with Gasteiger partial charge in [-0.25, -0.2) is 0 Å². The largest absolute Gasteiger partial charge is 0.455 e. The van der Waals surface area contributed by atoms with E-state index in [0.717, 1.165) is 11.2 Å². The Morgan fingerprint density at radius 2 is 0.980 bits per heavy atom. The number of rotatable bonds is 2. The van der Waals surface area contributed by atoms with Crippen molar-refractivity contribution in [2.75, 3.05) is 0 Å². The molecule has 0 saturated carbocycles. The third-order valence-electron chi connectivity index (χ3n) is 10.9. The molecule has 10 rings (SSSR count). The molecule has 8 aromatic carbocycles. The maximum atomic E-state index is 6.62. The molecule has 0 saturated heterocycles. The minimum atomic E-state index is -0.225. The monoisotopic (exact) mass is 638 g/mol. The highest BCUT2D eigenvalue weighted by Gasteiger charge is 2.39. The smallest absolute Gasteiger partial charge is 0.143 e. The van der Waals surface area contributed by atoms with Crippen molar-refractivity contribution >= 4 is 54.3 Å². The molecular weight excluding hydrogens is 605 g/mol. The van der Waals surface area contributed by atoms with Gasteiger partial charge in [-0.3, -0.25) is 0 Å². The normalized spacial score (nSPS) is 13.2. The Bertz CT molecular complexity index is 2900. The Morgan fingerprint density at radius 1 is 0.420 bits per heavy atom. The molecule has 0 spiro atoms. The standard InChI is InChI=1S/C49H34O/c1-49(2)43-30-34(27-28-41(43)45-46-42-23-13-14-24-44(42)50-48(46)40-22-12-11-21-39(40)47(45)49)36-18-6-4-3-5-17-35(37-19-9-10-20-38(36)37)33-26-25-31-15-7-8-16-32(31)29-33/h3-30H,1-2H3. The Labute approximate surface area is 291 Å². The highest BCUT2D eigenvalue weighted by molar-refractivity contribution is 6.24. The zero-order valence-corrected chi connectivity index (χ0v) is 28.1. The van der Waals surface area contributed by atoms with Gasteiger partial charge in [0.1, 0.15) is 11.2 Å². The number of benzene rings is 7. The minimum Gasteiger partial charge on any atom is -0.455 e. The third kappa shape index (κ3) is 4.20. The summed E-state index contributed by atoms with van der Waals surface area (Å²) in [6, 6.07) is 61.7. The number of furan rings is 1.